The second-order valence-electron chi connectivity index (χ2n) is 5.48. The van der Waals surface area contributed by atoms with E-state index < -0.39 is 0 Å². The molecule has 1 unspecified atom stereocenters. The molecular weight excluding hydrogens is 268 g/mol. The van der Waals surface area contributed by atoms with Gasteiger partial charge in [0.25, 0.3) is 0 Å². The van der Waals surface area contributed by atoms with Crippen LogP contribution in [-0.4, -0.2) is 58.0 Å². The Morgan fingerprint density at radius 3 is 3.05 bits per heavy atom. The van der Waals surface area contributed by atoms with Crippen molar-refractivity contribution in [3.05, 3.63) is 12.0 Å². The molecule has 114 valence electrons. The van der Waals surface area contributed by atoms with Crippen molar-refractivity contribution < 1.29 is 4.74 Å². The molecule has 21 heavy (non-hydrogen) atoms. The van der Waals surface area contributed by atoms with Crippen LogP contribution >= 0.6 is 0 Å². The standard InChI is InChI=1S/C14H22N6O/c1-15-13-11-7-16-19(2)14(11)18-12(17-13)9-20-6-4-5-10(8-20)21-3/h7,10H,4-6,8-9H2,1-3H3,(H,15,17,18). The number of likely N-dealkylation sites (tertiary alicyclic amines) is 1. The van der Waals surface area contributed by atoms with Gasteiger partial charge in [0, 0.05) is 27.7 Å². The second-order valence-corrected chi connectivity index (χ2v) is 5.48. The van der Waals surface area contributed by atoms with Gasteiger partial charge in [0.15, 0.2) is 5.65 Å². The first-order chi connectivity index (χ1) is 10.2. The van der Waals surface area contributed by atoms with E-state index in [9.17, 15) is 0 Å². The second kappa shape index (κ2) is 5.95. The van der Waals surface area contributed by atoms with Crippen molar-refractivity contribution in [1.29, 1.82) is 0 Å². The van der Waals surface area contributed by atoms with Gasteiger partial charge >= 0.3 is 0 Å². The monoisotopic (exact) mass is 290 g/mol. The van der Waals surface area contributed by atoms with Gasteiger partial charge in [-0.15, -0.1) is 0 Å². The average molecular weight is 290 g/mol. The molecular formula is C14H22N6O. The molecule has 0 aromatic carbocycles. The van der Waals surface area contributed by atoms with E-state index in [1.807, 2.05) is 14.1 Å². The Bertz CT molecular complexity index is 625. The van der Waals surface area contributed by atoms with Gasteiger partial charge in [0.2, 0.25) is 0 Å². The van der Waals surface area contributed by atoms with Gasteiger partial charge in [-0.1, -0.05) is 0 Å². The highest BCUT2D eigenvalue weighted by Gasteiger charge is 2.21. The van der Waals surface area contributed by atoms with Crippen LogP contribution in [0, 0.1) is 0 Å². The fourth-order valence-electron chi connectivity index (χ4n) is 2.88. The molecule has 1 saturated heterocycles. The molecule has 0 radical (unpaired) electrons. The Kier molecular flexibility index (Phi) is 4.03. The van der Waals surface area contributed by atoms with E-state index in [0.717, 1.165) is 55.2 Å². The summed E-state index contributed by atoms with van der Waals surface area (Å²) >= 11 is 0. The average Bonchev–Trinajstić information content (AvgIpc) is 2.88. The number of hydrogen-bond donors (Lipinski definition) is 1. The Balaban J connectivity index is 1.84. The fraction of sp³-hybridized carbons (Fsp3) is 0.643. The number of aromatic nitrogens is 4. The highest BCUT2D eigenvalue weighted by Crippen LogP contribution is 2.20. The number of anilines is 1. The lowest BCUT2D eigenvalue weighted by atomic mass is 10.1. The SMILES string of the molecule is CNc1nc(CN2CCCC(OC)C2)nc2c1cnn2C. The normalized spacial score (nSPS) is 20.0. The van der Waals surface area contributed by atoms with Crippen molar-refractivity contribution in [1.82, 2.24) is 24.6 Å². The maximum Gasteiger partial charge on any atom is 0.163 e. The summed E-state index contributed by atoms with van der Waals surface area (Å²) in [6.07, 6.45) is 4.41. The van der Waals surface area contributed by atoms with Crippen LogP contribution in [0.4, 0.5) is 5.82 Å². The number of aryl methyl sites for hydroxylation is 1. The van der Waals surface area contributed by atoms with E-state index in [-0.39, 0.29) is 0 Å². The van der Waals surface area contributed by atoms with Crippen LogP contribution in [0.1, 0.15) is 18.7 Å². The largest absolute Gasteiger partial charge is 0.380 e. The van der Waals surface area contributed by atoms with Crippen molar-refractivity contribution >= 4 is 16.9 Å². The minimum absolute atomic E-state index is 0.322. The summed E-state index contributed by atoms with van der Waals surface area (Å²) in [4.78, 5) is 11.6. The Morgan fingerprint density at radius 1 is 1.43 bits per heavy atom. The molecule has 3 rings (SSSR count). The van der Waals surface area contributed by atoms with Crippen LogP contribution in [0.2, 0.25) is 0 Å². The first kappa shape index (κ1) is 14.2. The smallest absolute Gasteiger partial charge is 0.163 e. The van der Waals surface area contributed by atoms with Crippen molar-refractivity contribution in [3.8, 4) is 0 Å². The number of hydrogen-bond acceptors (Lipinski definition) is 6. The van der Waals surface area contributed by atoms with Crippen LogP contribution < -0.4 is 5.32 Å². The van der Waals surface area contributed by atoms with E-state index in [1.165, 1.54) is 0 Å². The lowest BCUT2D eigenvalue weighted by molar-refractivity contribution is 0.0277. The zero-order valence-electron chi connectivity index (χ0n) is 12.8. The summed E-state index contributed by atoms with van der Waals surface area (Å²) in [5.74, 6) is 1.66. The van der Waals surface area contributed by atoms with Crippen molar-refractivity contribution in [2.75, 3.05) is 32.6 Å². The molecule has 1 atom stereocenters. The number of ether oxygens (including phenoxy) is 1. The molecule has 0 saturated carbocycles. The predicted molar refractivity (Wildman–Crippen MR) is 81.2 cm³/mol. The van der Waals surface area contributed by atoms with E-state index in [4.69, 9.17) is 4.74 Å². The molecule has 2 aromatic rings. The molecule has 0 spiro atoms. The zero-order valence-corrected chi connectivity index (χ0v) is 12.8. The third kappa shape index (κ3) is 2.84. The number of methoxy groups -OCH3 is 1. The fourth-order valence-corrected chi connectivity index (χ4v) is 2.88. The van der Waals surface area contributed by atoms with Gasteiger partial charge in [-0.05, 0) is 19.4 Å². The molecule has 1 aliphatic heterocycles. The summed E-state index contributed by atoms with van der Waals surface area (Å²) in [6, 6.07) is 0. The number of nitrogens with zero attached hydrogens (tertiary/aromatic N) is 5. The maximum absolute atomic E-state index is 5.47. The van der Waals surface area contributed by atoms with Gasteiger partial charge < -0.3 is 10.1 Å². The van der Waals surface area contributed by atoms with Crippen LogP contribution in [0.3, 0.4) is 0 Å². The molecule has 0 amide bonds. The Morgan fingerprint density at radius 2 is 2.29 bits per heavy atom. The molecule has 2 aromatic heterocycles. The molecule has 0 bridgehead atoms. The van der Waals surface area contributed by atoms with E-state index in [1.54, 1.807) is 18.0 Å². The topological polar surface area (TPSA) is 68.1 Å². The van der Waals surface area contributed by atoms with Crippen LogP contribution in [-0.2, 0) is 18.3 Å². The maximum atomic E-state index is 5.47. The minimum Gasteiger partial charge on any atom is -0.380 e. The van der Waals surface area contributed by atoms with Gasteiger partial charge in [-0.3, -0.25) is 9.58 Å². The Hall–Kier alpha value is -1.73. The van der Waals surface area contributed by atoms with E-state index >= 15 is 0 Å². The van der Waals surface area contributed by atoms with Crippen LogP contribution in [0.5, 0.6) is 0 Å². The molecule has 1 aliphatic rings. The van der Waals surface area contributed by atoms with Crippen molar-refractivity contribution in [3.63, 3.8) is 0 Å². The molecule has 1 fully saturated rings. The van der Waals surface area contributed by atoms with Crippen molar-refractivity contribution in [2.45, 2.75) is 25.5 Å². The minimum atomic E-state index is 0.322. The summed E-state index contributed by atoms with van der Waals surface area (Å²) in [6.45, 7) is 2.76. The van der Waals surface area contributed by atoms with Gasteiger partial charge in [0.05, 0.1) is 24.2 Å². The Labute approximate surface area is 124 Å². The van der Waals surface area contributed by atoms with Gasteiger partial charge in [-0.2, -0.15) is 5.10 Å². The first-order valence-corrected chi connectivity index (χ1v) is 7.32. The van der Waals surface area contributed by atoms with Gasteiger partial charge in [-0.25, -0.2) is 9.97 Å². The molecule has 7 heteroatoms. The number of rotatable bonds is 4. The van der Waals surface area contributed by atoms with E-state index in [2.05, 4.69) is 25.3 Å². The number of nitrogens with one attached hydrogen (secondary N) is 1. The molecule has 3 heterocycles. The third-order valence-electron chi connectivity index (χ3n) is 4.04. The molecule has 7 nitrogen and oxygen atoms in total. The number of fused-ring (bicyclic) bond motifs is 1. The molecule has 1 N–H and O–H groups in total. The van der Waals surface area contributed by atoms with Crippen LogP contribution in [0.25, 0.3) is 11.0 Å². The quantitative estimate of drug-likeness (QED) is 0.906. The summed E-state index contributed by atoms with van der Waals surface area (Å²) in [5, 5.41) is 8.35. The molecule has 0 aliphatic carbocycles. The highest BCUT2D eigenvalue weighted by atomic mass is 16.5. The predicted octanol–water partition coefficient (Wildman–Crippen LogP) is 1.02. The van der Waals surface area contributed by atoms with E-state index in [0.29, 0.717) is 6.10 Å². The van der Waals surface area contributed by atoms with Gasteiger partial charge in [0.1, 0.15) is 11.6 Å². The third-order valence-corrected chi connectivity index (χ3v) is 4.04. The summed E-state index contributed by atoms with van der Waals surface area (Å²) in [7, 11) is 5.56. The summed E-state index contributed by atoms with van der Waals surface area (Å²) in [5.41, 5.74) is 0.865. The lowest BCUT2D eigenvalue weighted by Crippen LogP contribution is -2.39. The first-order valence-electron chi connectivity index (χ1n) is 7.32. The lowest BCUT2D eigenvalue weighted by Gasteiger charge is -2.31. The van der Waals surface area contributed by atoms with Crippen molar-refractivity contribution in [2.24, 2.45) is 7.05 Å². The zero-order chi connectivity index (χ0) is 14.8. The number of piperidine rings is 1. The summed E-state index contributed by atoms with van der Waals surface area (Å²) < 4.78 is 7.26. The highest BCUT2D eigenvalue weighted by molar-refractivity contribution is 5.86. The van der Waals surface area contributed by atoms with Crippen LogP contribution in [0.15, 0.2) is 6.20 Å².